The number of hydrogen-bond acceptors (Lipinski definition) is 3. The molecule has 1 N–H and O–H groups in total. The molecule has 0 fully saturated rings. The third-order valence-electron chi connectivity index (χ3n) is 3.52. The monoisotopic (exact) mass is 318 g/mol. The fourth-order valence-electron chi connectivity index (χ4n) is 2.40. The molecule has 0 spiro atoms. The summed E-state index contributed by atoms with van der Waals surface area (Å²) >= 11 is 6.19. The molecule has 22 heavy (non-hydrogen) atoms. The van der Waals surface area contributed by atoms with Gasteiger partial charge in [-0.25, -0.2) is 0 Å². The van der Waals surface area contributed by atoms with Crippen LogP contribution in [0.4, 0.5) is 0 Å². The van der Waals surface area contributed by atoms with Gasteiger partial charge in [-0.2, -0.15) is 0 Å². The number of likely N-dealkylation sites (N-methyl/N-ethyl adjacent to an activating group) is 1. The SMILES string of the molecule is COc1ccc(CNC(CN(C)C)c2ccccc2)cc1Cl. The molecule has 2 rings (SSSR count). The topological polar surface area (TPSA) is 24.5 Å². The van der Waals surface area contributed by atoms with Crippen LogP contribution in [0.25, 0.3) is 0 Å². The minimum Gasteiger partial charge on any atom is -0.495 e. The molecule has 1 atom stereocenters. The zero-order valence-corrected chi connectivity index (χ0v) is 14.1. The lowest BCUT2D eigenvalue weighted by Gasteiger charge is -2.23. The Hall–Kier alpha value is -1.55. The summed E-state index contributed by atoms with van der Waals surface area (Å²) in [7, 11) is 5.80. The second-order valence-corrected chi connectivity index (χ2v) is 5.98. The van der Waals surface area contributed by atoms with Crippen molar-refractivity contribution in [2.75, 3.05) is 27.7 Å². The van der Waals surface area contributed by atoms with Gasteiger partial charge < -0.3 is 15.0 Å². The Kier molecular flexibility index (Phi) is 6.25. The Labute approximate surface area is 137 Å². The molecule has 0 bridgehead atoms. The number of ether oxygens (including phenoxy) is 1. The highest BCUT2D eigenvalue weighted by atomic mass is 35.5. The smallest absolute Gasteiger partial charge is 0.137 e. The van der Waals surface area contributed by atoms with E-state index in [4.69, 9.17) is 16.3 Å². The van der Waals surface area contributed by atoms with Crippen molar-refractivity contribution in [1.29, 1.82) is 0 Å². The summed E-state index contributed by atoms with van der Waals surface area (Å²) in [5, 5.41) is 4.25. The molecule has 0 saturated carbocycles. The van der Waals surface area contributed by atoms with E-state index in [2.05, 4.69) is 48.6 Å². The molecule has 118 valence electrons. The maximum atomic E-state index is 6.19. The van der Waals surface area contributed by atoms with Crippen molar-refractivity contribution >= 4 is 11.6 Å². The van der Waals surface area contributed by atoms with E-state index in [1.165, 1.54) is 5.56 Å². The minimum absolute atomic E-state index is 0.275. The number of benzene rings is 2. The highest BCUT2D eigenvalue weighted by molar-refractivity contribution is 6.32. The average molecular weight is 319 g/mol. The first kappa shape index (κ1) is 16.8. The standard InChI is InChI=1S/C18H23ClN2O/c1-21(2)13-17(15-7-5-4-6-8-15)20-12-14-9-10-18(22-3)16(19)11-14/h4-11,17,20H,12-13H2,1-3H3. The first-order valence-corrected chi connectivity index (χ1v) is 7.73. The molecule has 2 aromatic carbocycles. The Balaban J connectivity index is 2.06. The van der Waals surface area contributed by atoms with E-state index in [1.807, 2.05) is 24.3 Å². The maximum absolute atomic E-state index is 6.19. The normalized spacial score (nSPS) is 12.4. The lowest BCUT2D eigenvalue weighted by atomic mass is 10.1. The second-order valence-electron chi connectivity index (χ2n) is 5.58. The van der Waals surface area contributed by atoms with E-state index >= 15 is 0 Å². The van der Waals surface area contributed by atoms with Crippen LogP contribution in [0, 0.1) is 0 Å². The predicted molar refractivity (Wildman–Crippen MR) is 92.6 cm³/mol. The molecule has 0 radical (unpaired) electrons. The summed E-state index contributed by atoms with van der Waals surface area (Å²) in [5.74, 6) is 0.707. The molecular weight excluding hydrogens is 296 g/mol. The largest absolute Gasteiger partial charge is 0.495 e. The molecule has 0 aliphatic heterocycles. The number of halogens is 1. The minimum atomic E-state index is 0.275. The third kappa shape index (κ3) is 4.73. The van der Waals surface area contributed by atoms with Crippen LogP contribution in [0.5, 0.6) is 5.75 Å². The lowest BCUT2D eigenvalue weighted by Crippen LogP contribution is -2.30. The molecule has 2 aromatic rings. The molecule has 0 heterocycles. The number of rotatable bonds is 7. The fraction of sp³-hybridized carbons (Fsp3) is 0.333. The van der Waals surface area contributed by atoms with E-state index in [0.717, 1.165) is 18.7 Å². The van der Waals surface area contributed by atoms with Gasteiger partial charge in [0.2, 0.25) is 0 Å². The zero-order chi connectivity index (χ0) is 15.9. The van der Waals surface area contributed by atoms with Crippen molar-refractivity contribution in [3.63, 3.8) is 0 Å². The Morgan fingerprint density at radius 1 is 1.14 bits per heavy atom. The van der Waals surface area contributed by atoms with Crippen molar-refractivity contribution in [1.82, 2.24) is 10.2 Å². The summed E-state index contributed by atoms with van der Waals surface area (Å²) in [5.41, 5.74) is 2.43. The molecule has 0 saturated heterocycles. The Morgan fingerprint density at radius 2 is 1.86 bits per heavy atom. The van der Waals surface area contributed by atoms with Crippen LogP contribution in [0.1, 0.15) is 17.2 Å². The van der Waals surface area contributed by atoms with Gasteiger partial charge in [-0.3, -0.25) is 0 Å². The quantitative estimate of drug-likeness (QED) is 0.841. The number of nitrogens with one attached hydrogen (secondary N) is 1. The summed E-state index contributed by atoms with van der Waals surface area (Å²) in [4.78, 5) is 2.19. The molecule has 0 aromatic heterocycles. The van der Waals surface area contributed by atoms with Crippen molar-refractivity contribution in [2.45, 2.75) is 12.6 Å². The second kappa shape index (κ2) is 8.18. The van der Waals surface area contributed by atoms with Gasteiger partial charge in [0.15, 0.2) is 0 Å². The van der Waals surface area contributed by atoms with Gasteiger partial charge in [0.05, 0.1) is 12.1 Å². The van der Waals surface area contributed by atoms with Crippen LogP contribution in [0.2, 0.25) is 5.02 Å². The van der Waals surface area contributed by atoms with E-state index in [0.29, 0.717) is 10.8 Å². The third-order valence-corrected chi connectivity index (χ3v) is 3.81. The first-order chi connectivity index (χ1) is 10.6. The molecule has 4 heteroatoms. The van der Waals surface area contributed by atoms with Crippen LogP contribution < -0.4 is 10.1 Å². The van der Waals surface area contributed by atoms with Crippen LogP contribution >= 0.6 is 11.6 Å². The van der Waals surface area contributed by atoms with Crippen LogP contribution in [-0.4, -0.2) is 32.6 Å². The lowest BCUT2D eigenvalue weighted by molar-refractivity contribution is 0.340. The number of hydrogen-bond donors (Lipinski definition) is 1. The van der Waals surface area contributed by atoms with Crippen molar-refractivity contribution in [3.8, 4) is 5.75 Å². The highest BCUT2D eigenvalue weighted by Crippen LogP contribution is 2.25. The summed E-state index contributed by atoms with van der Waals surface area (Å²) < 4.78 is 5.19. The molecule has 1 unspecified atom stereocenters. The van der Waals surface area contributed by atoms with E-state index in [9.17, 15) is 0 Å². The first-order valence-electron chi connectivity index (χ1n) is 7.35. The van der Waals surface area contributed by atoms with Crippen molar-refractivity contribution < 1.29 is 4.74 Å². The average Bonchev–Trinajstić information content (AvgIpc) is 2.52. The Morgan fingerprint density at radius 3 is 2.45 bits per heavy atom. The predicted octanol–water partition coefficient (Wildman–Crippen LogP) is 3.74. The van der Waals surface area contributed by atoms with Crippen LogP contribution in [0.3, 0.4) is 0 Å². The highest BCUT2D eigenvalue weighted by Gasteiger charge is 2.12. The van der Waals surface area contributed by atoms with E-state index in [-0.39, 0.29) is 6.04 Å². The van der Waals surface area contributed by atoms with Gasteiger partial charge in [-0.1, -0.05) is 48.0 Å². The Bertz CT molecular complexity index is 587. The summed E-state index contributed by atoms with van der Waals surface area (Å²) in [6, 6.07) is 16.7. The summed E-state index contributed by atoms with van der Waals surface area (Å²) in [6.07, 6.45) is 0. The van der Waals surface area contributed by atoms with Gasteiger partial charge in [0.25, 0.3) is 0 Å². The molecule has 3 nitrogen and oxygen atoms in total. The molecular formula is C18H23ClN2O. The number of methoxy groups -OCH3 is 1. The van der Waals surface area contributed by atoms with Crippen LogP contribution in [-0.2, 0) is 6.54 Å². The van der Waals surface area contributed by atoms with E-state index < -0.39 is 0 Å². The van der Waals surface area contributed by atoms with Gasteiger partial charge in [0.1, 0.15) is 5.75 Å². The van der Waals surface area contributed by atoms with Gasteiger partial charge in [-0.15, -0.1) is 0 Å². The van der Waals surface area contributed by atoms with Crippen LogP contribution in [0.15, 0.2) is 48.5 Å². The maximum Gasteiger partial charge on any atom is 0.137 e. The van der Waals surface area contributed by atoms with Crippen molar-refractivity contribution in [3.05, 3.63) is 64.7 Å². The van der Waals surface area contributed by atoms with E-state index in [1.54, 1.807) is 7.11 Å². The molecule has 0 aliphatic rings. The number of nitrogens with zero attached hydrogens (tertiary/aromatic N) is 1. The van der Waals surface area contributed by atoms with Gasteiger partial charge >= 0.3 is 0 Å². The molecule has 0 amide bonds. The fourth-order valence-corrected chi connectivity index (χ4v) is 2.68. The molecule has 0 aliphatic carbocycles. The zero-order valence-electron chi connectivity index (χ0n) is 13.3. The summed E-state index contributed by atoms with van der Waals surface area (Å²) in [6.45, 7) is 1.70. The van der Waals surface area contributed by atoms with Crippen molar-refractivity contribution in [2.24, 2.45) is 0 Å². The van der Waals surface area contributed by atoms with Gasteiger partial charge in [-0.05, 0) is 37.4 Å². The van der Waals surface area contributed by atoms with Gasteiger partial charge in [0, 0.05) is 19.1 Å².